The Morgan fingerprint density at radius 2 is 1.80 bits per heavy atom. The zero-order valence-electron chi connectivity index (χ0n) is 35.0. The number of hydrogen-bond acceptors (Lipinski definition) is 9. The second kappa shape index (κ2) is 22.7. The average Bonchev–Trinajstić information content (AvgIpc) is 3.38. The number of phenols is 1. The van der Waals surface area contributed by atoms with Crippen molar-refractivity contribution in [3.63, 3.8) is 0 Å². The number of nitrogens with one attached hydrogen (secondary N) is 2. The summed E-state index contributed by atoms with van der Waals surface area (Å²) in [5.74, 6) is 5.88. The van der Waals surface area contributed by atoms with E-state index in [4.69, 9.17) is 0 Å². The molecule has 1 saturated heterocycles. The van der Waals surface area contributed by atoms with Crippen molar-refractivity contribution in [3.05, 3.63) is 101 Å². The van der Waals surface area contributed by atoms with E-state index in [0.29, 0.717) is 38.5 Å². The van der Waals surface area contributed by atoms with Crippen molar-refractivity contribution in [2.45, 2.75) is 158 Å². The van der Waals surface area contributed by atoms with Crippen molar-refractivity contribution >= 4 is 5.97 Å². The molecule has 0 aromatic heterocycles. The number of aryl methyl sites for hydroxylation is 1. The van der Waals surface area contributed by atoms with Gasteiger partial charge in [0.05, 0.1) is 42.5 Å². The molecular formula is C49H68N2O8. The SMILES string of the molecule is CCCC[C@H](O)[C@H](O)/C=C/C1=C(\C[C@H](O)CO)[C@H](CCC[C@@H]2N[C@H](C)CCC[C@H]2CC(=O)O)N[C@H]2[C@@H](C#Cc3ccccc3CC1)C=CC[C@]2(O)Cc1ccc(O)cc1. The van der Waals surface area contributed by atoms with E-state index in [1.807, 2.05) is 49.4 Å². The first-order valence-corrected chi connectivity index (χ1v) is 21.9. The summed E-state index contributed by atoms with van der Waals surface area (Å²) >= 11 is 0. The van der Waals surface area contributed by atoms with Gasteiger partial charge in [0.15, 0.2) is 0 Å². The molecule has 0 unspecified atom stereocenters. The van der Waals surface area contributed by atoms with Gasteiger partial charge in [0.1, 0.15) is 5.75 Å². The standard InChI is InChI=1S/C49H68N2O8/c1-3-4-17-45(55)46(56)27-24-37-22-20-35-11-5-6-12-36(35)21-23-38-14-9-28-49(59,31-34-18-25-40(53)26-19-34)48(38)51-44(42(37)30-41(54)32-52)16-8-15-43-39(29-47(57)58)13-7-10-33(2)50-43/h5-6,9,11-12,14,18-19,24-27,33,38-39,41,43-46,48,50-56,59H,3-4,7-8,10,13,15-17,20,22,28-32H2,1-2H3,(H,57,58)/b27-24+,42-37+/t33-,38-,39+,41+,43+,44+,45+,46-,48+,49+/m1/s1. The van der Waals surface area contributed by atoms with E-state index in [1.54, 1.807) is 18.2 Å². The minimum atomic E-state index is -1.31. The molecule has 10 nitrogen and oxygen atoms in total. The van der Waals surface area contributed by atoms with Gasteiger partial charge >= 0.3 is 5.97 Å². The van der Waals surface area contributed by atoms with Crippen molar-refractivity contribution < 1.29 is 40.5 Å². The number of carbonyl (C=O) groups is 1. The minimum Gasteiger partial charge on any atom is -0.508 e. The number of aliphatic hydroxyl groups excluding tert-OH is 4. The molecule has 2 aromatic rings. The van der Waals surface area contributed by atoms with Crippen molar-refractivity contribution in [1.29, 1.82) is 0 Å². The summed E-state index contributed by atoms with van der Waals surface area (Å²) in [6, 6.07) is 14.1. The number of phenolic OH excluding ortho intramolecular Hbond substituents is 1. The van der Waals surface area contributed by atoms with E-state index in [1.165, 1.54) is 0 Å². The summed E-state index contributed by atoms with van der Waals surface area (Å²) < 4.78 is 0. The van der Waals surface area contributed by atoms with Gasteiger partial charge in [-0.05, 0) is 111 Å². The van der Waals surface area contributed by atoms with E-state index in [-0.39, 0.29) is 43.0 Å². The predicted octanol–water partition coefficient (Wildman–Crippen LogP) is 5.87. The molecule has 59 heavy (non-hydrogen) atoms. The van der Waals surface area contributed by atoms with Gasteiger partial charge in [-0.3, -0.25) is 4.79 Å². The zero-order chi connectivity index (χ0) is 42.4. The third kappa shape index (κ3) is 13.6. The summed E-state index contributed by atoms with van der Waals surface area (Å²) in [6.07, 6.45) is 13.3. The van der Waals surface area contributed by atoms with E-state index >= 15 is 0 Å². The molecule has 2 heterocycles. The highest BCUT2D eigenvalue weighted by Gasteiger charge is 2.44. The number of aliphatic carboxylic acids is 1. The van der Waals surface area contributed by atoms with E-state index in [2.05, 4.69) is 41.5 Å². The van der Waals surface area contributed by atoms with Crippen molar-refractivity contribution in [3.8, 4) is 17.6 Å². The number of rotatable bonds is 17. The van der Waals surface area contributed by atoms with Gasteiger partial charge in [-0.1, -0.05) is 99.1 Å². The van der Waals surface area contributed by atoms with Crippen LogP contribution in [-0.4, -0.2) is 96.4 Å². The van der Waals surface area contributed by atoms with Crippen LogP contribution in [0, 0.1) is 23.7 Å². The fourth-order valence-electron chi connectivity index (χ4n) is 9.29. The fraction of sp³-hybridized carbons (Fsp3) is 0.571. The molecule has 10 heteroatoms. The third-order valence-electron chi connectivity index (χ3n) is 12.6. The number of aliphatic hydroxyl groups is 5. The van der Waals surface area contributed by atoms with E-state index in [0.717, 1.165) is 66.4 Å². The van der Waals surface area contributed by atoms with Gasteiger partial charge in [0.25, 0.3) is 0 Å². The van der Waals surface area contributed by atoms with Crippen LogP contribution in [0.25, 0.3) is 0 Å². The number of fused-ring (bicyclic) bond motifs is 2. The molecule has 322 valence electrons. The number of benzene rings is 2. The second-order valence-electron chi connectivity index (χ2n) is 17.3. The quantitative estimate of drug-likeness (QED) is 0.0693. The number of hydrogen-bond donors (Lipinski definition) is 9. The first-order chi connectivity index (χ1) is 28.4. The van der Waals surface area contributed by atoms with Gasteiger partial charge < -0.3 is 46.4 Å². The molecule has 2 aliphatic heterocycles. The lowest BCUT2D eigenvalue weighted by atomic mass is 9.73. The van der Waals surface area contributed by atoms with Crippen LogP contribution in [0.1, 0.15) is 114 Å². The van der Waals surface area contributed by atoms with Crippen LogP contribution < -0.4 is 10.6 Å². The summed E-state index contributed by atoms with van der Waals surface area (Å²) in [4.78, 5) is 12.0. The molecule has 3 aliphatic rings. The van der Waals surface area contributed by atoms with Crippen LogP contribution >= 0.6 is 0 Å². The molecule has 0 radical (unpaired) electrons. The Morgan fingerprint density at radius 3 is 2.54 bits per heavy atom. The average molecular weight is 813 g/mol. The lowest BCUT2D eigenvalue weighted by molar-refractivity contribution is -0.138. The maximum Gasteiger partial charge on any atom is 0.303 e. The molecule has 10 atom stereocenters. The topological polar surface area (TPSA) is 183 Å². The fourth-order valence-corrected chi connectivity index (χ4v) is 9.29. The van der Waals surface area contributed by atoms with Gasteiger partial charge in [0, 0.05) is 36.5 Å². The number of allylic oxidation sites excluding steroid dienone is 2. The van der Waals surface area contributed by atoms with E-state index in [9.17, 15) is 40.5 Å². The van der Waals surface area contributed by atoms with Gasteiger partial charge in [-0.2, -0.15) is 0 Å². The van der Waals surface area contributed by atoms with Crippen LogP contribution in [0.15, 0.2) is 84.0 Å². The lowest BCUT2D eigenvalue weighted by Crippen LogP contribution is -2.59. The van der Waals surface area contributed by atoms with Crippen LogP contribution in [0.2, 0.25) is 0 Å². The second-order valence-corrected chi connectivity index (χ2v) is 17.3. The van der Waals surface area contributed by atoms with Crippen LogP contribution in [0.3, 0.4) is 0 Å². The number of unbranched alkanes of at least 4 members (excludes halogenated alkanes) is 1. The van der Waals surface area contributed by atoms with Crippen molar-refractivity contribution in [2.75, 3.05) is 6.61 Å². The van der Waals surface area contributed by atoms with Gasteiger partial charge in [-0.25, -0.2) is 0 Å². The maximum atomic E-state index is 12.8. The smallest absolute Gasteiger partial charge is 0.303 e. The minimum absolute atomic E-state index is 0.00332. The zero-order valence-corrected chi connectivity index (χ0v) is 35.0. The van der Waals surface area contributed by atoms with Gasteiger partial charge in [0.2, 0.25) is 0 Å². The third-order valence-corrected chi connectivity index (χ3v) is 12.6. The Hall–Kier alpha value is -3.79. The molecule has 0 saturated carbocycles. The van der Waals surface area contributed by atoms with E-state index < -0.39 is 54.5 Å². The molecule has 1 fully saturated rings. The Morgan fingerprint density at radius 1 is 1.02 bits per heavy atom. The summed E-state index contributed by atoms with van der Waals surface area (Å²) in [6.45, 7) is 3.73. The molecule has 0 spiro atoms. The Labute approximate surface area is 351 Å². The van der Waals surface area contributed by atoms with Crippen LogP contribution in [0.4, 0.5) is 0 Å². The summed E-state index contributed by atoms with van der Waals surface area (Å²) in [5, 5.41) is 83.8. The number of carboxylic acid groups (broad SMARTS) is 1. The first-order valence-electron chi connectivity index (χ1n) is 21.9. The van der Waals surface area contributed by atoms with Crippen LogP contribution in [-0.2, 0) is 17.6 Å². The molecule has 0 bridgehead atoms. The van der Waals surface area contributed by atoms with Gasteiger partial charge in [-0.15, -0.1) is 0 Å². The monoisotopic (exact) mass is 812 g/mol. The molecule has 1 aliphatic carbocycles. The highest BCUT2D eigenvalue weighted by molar-refractivity contribution is 5.67. The van der Waals surface area contributed by atoms with Crippen LogP contribution in [0.5, 0.6) is 5.75 Å². The first kappa shape index (κ1) is 46.3. The van der Waals surface area contributed by atoms with Crippen molar-refractivity contribution in [1.82, 2.24) is 10.6 Å². The summed E-state index contributed by atoms with van der Waals surface area (Å²) in [7, 11) is 0. The number of aromatic hydroxyl groups is 1. The molecule has 2 aromatic carbocycles. The molecule has 9 N–H and O–H groups in total. The Balaban J connectivity index is 1.63. The summed E-state index contributed by atoms with van der Waals surface area (Å²) in [5.41, 5.74) is 3.15. The maximum absolute atomic E-state index is 12.8. The molecule has 0 amide bonds. The van der Waals surface area contributed by atoms with Crippen molar-refractivity contribution in [2.24, 2.45) is 11.8 Å². The Bertz CT molecular complexity index is 1800. The highest BCUT2D eigenvalue weighted by atomic mass is 16.4. The largest absolute Gasteiger partial charge is 0.508 e. The highest BCUT2D eigenvalue weighted by Crippen LogP contribution is 2.36. The normalized spacial score (nSPS) is 29.1. The lowest BCUT2D eigenvalue weighted by Gasteiger charge is -2.44. The number of carboxylic acids is 1. The predicted molar refractivity (Wildman–Crippen MR) is 232 cm³/mol. The molecule has 5 rings (SSSR count). The Kier molecular flexibility index (Phi) is 17.8. The molecular weight excluding hydrogens is 745 g/mol.